The summed E-state index contributed by atoms with van der Waals surface area (Å²) in [6.07, 6.45) is 5.86. The van der Waals surface area contributed by atoms with E-state index < -0.39 is 24.8 Å². The molecule has 0 spiro atoms. The van der Waals surface area contributed by atoms with Gasteiger partial charge in [-0.1, -0.05) is 44.4 Å². The van der Waals surface area contributed by atoms with E-state index in [-0.39, 0.29) is 18.1 Å². The van der Waals surface area contributed by atoms with E-state index in [1.54, 1.807) is 24.3 Å². The minimum atomic E-state index is -1.08. The van der Waals surface area contributed by atoms with Gasteiger partial charge in [0.1, 0.15) is 12.2 Å². The van der Waals surface area contributed by atoms with Gasteiger partial charge < -0.3 is 29.5 Å². The lowest BCUT2D eigenvalue weighted by Gasteiger charge is -2.32. The molecule has 1 aromatic carbocycles. The molecule has 0 amide bonds. The Morgan fingerprint density at radius 2 is 2.18 bits per heavy atom. The molecule has 7 heteroatoms. The van der Waals surface area contributed by atoms with Crippen molar-refractivity contribution in [2.45, 2.75) is 63.4 Å². The summed E-state index contributed by atoms with van der Waals surface area (Å²) in [5, 5.41) is 29.4. The molecule has 1 aliphatic heterocycles. The van der Waals surface area contributed by atoms with Crippen LogP contribution < -0.4 is 14.2 Å². The van der Waals surface area contributed by atoms with E-state index in [9.17, 15) is 15.0 Å². The van der Waals surface area contributed by atoms with E-state index in [4.69, 9.17) is 19.3 Å². The van der Waals surface area contributed by atoms with Crippen molar-refractivity contribution >= 4 is 5.97 Å². The second-order valence-electron chi connectivity index (χ2n) is 7.33. The van der Waals surface area contributed by atoms with Crippen LogP contribution in [0, 0.1) is 5.92 Å². The van der Waals surface area contributed by atoms with Crippen LogP contribution in [0.15, 0.2) is 30.4 Å². The SMILES string of the molecule is CCCCC[C@H](O)C=C[C@H]1[C@@H]2Oc3cccc(OCC(=O)O)c3O[C@@H]2C[C@@H]1O. The number of carboxylic acid groups (broad SMARTS) is 1. The lowest BCUT2D eigenvalue weighted by atomic mass is 10.00. The molecule has 1 fully saturated rings. The predicted octanol–water partition coefficient (Wildman–Crippen LogP) is 2.54. The first-order valence-corrected chi connectivity index (χ1v) is 9.85. The molecule has 0 aromatic heterocycles. The van der Waals surface area contributed by atoms with Crippen molar-refractivity contribution < 1.29 is 34.3 Å². The molecule has 7 nitrogen and oxygen atoms in total. The van der Waals surface area contributed by atoms with Gasteiger partial charge in [-0.05, 0) is 18.6 Å². The highest BCUT2D eigenvalue weighted by Gasteiger charge is 2.47. The van der Waals surface area contributed by atoms with Crippen molar-refractivity contribution in [3.63, 3.8) is 0 Å². The average molecular weight is 392 g/mol. The third-order valence-corrected chi connectivity index (χ3v) is 5.15. The van der Waals surface area contributed by atoms with Gasteiger partial charge in [0.25, 0.3) is 0 Å². The summed E-state index contributed by atoms with van der Waals surface area (Å²) in [5.74, 6) is -0.242. The van der Waals surface area contributed by atoms with Gasteiger partial charge in [0, 0.05) is 12.3 Å². The fourth-order valence-corrected chi connectivity index (χ4v) is 3.72. The molecule has 0 bridgehead atoms. The Bertz CT molecular complexity index is 702. The van der Waals surface area contributed by atoms with Gasteiger partial charge in [0.15, 0.2) is 18.1 Å². The summed E-state index contributed by atoms with van der Waals surface area (Å²) in [4.78, 5) is 10.8. The third kappa shape index (κ3) is 4.77. The Balaban J connectivity index is 1.69. The van der Waals surface area contributed by atoms with Crippen LogP contribution >= 0.6 is 0 Å². The quantitative estimate of drug-likeness (QED) is 0.438. The number of fused-ring (bicyclic) bond motifs is 2. The van der Waals surface area contributed by atoms with Gasteiger partial charge in [0.05, 0.1) is 12.2 Å². The molecular formula is C21H28O7. The van der Waals surface area contributed by atoms with E-state index in [1.807, 2.05) is 6.08 Å². The number of aliphatic hydroxyl groups excluding tert-OH is 2. The van der Waals surface area contributed by atoms with Crippen LogP contribution in [0.25, 0.3) is 0 Å². The smallest absolute Gasteiger partial charge is 0.341 e. The Morgan fingerprint density at radius 3 is 2.93 bits per heavy atom. The molecule has 3 N–H and O–H groups in total. The van der Waals surface area contributed by atoms with Crippen LogP contribution in [-0.2, 0) is 4.79 Å². The maximum Gasteiger partial charge on any atom is 0.341 e. The first-order valence-electron chi connectivity index (χ1n) is 9.85. The van der Waals surface area contributed by atoms with Crippen LogP contribution in [-0.4, -0.2) is 52.3 Å². The Hall–Kier alpha value is -2.25. The van der Waals surface area contributed by atoms with Crippen LogP contribution in [0.3, 0.4) is 0 Å². The molecule has 2 aliphatic rings. The lowest BCUT2D eigenvalue weighted by molar-refractivity contribution is -0.139. The first-order chi connectivity index (χ1) is 13.5. The van der Waals surface area contributed by atoms with Crippen molar-refractivity contribution in [3.8, 4) is 17.2 Å². The molecule has 5 atom stereocenters. The summed E-state index contributed by atoms with van der Waals surface area (Å²) < 4.78 is 17.4. The number of carbonyl (C=O) groups is 1. The fraction of sp³-hybridized carbons (Fsp3) is 0.571. The van der Waals surface area contributed by atoms with E-state index in [1.165, 1.54) is 0 Å². The van der Waals surface area contributed by atoms with E-state index in [0.29, 0.717) is 30.1 Å². The highest BCUT2D eigenvalue weighted by Crippen LogP contribution is 2.46. The highest BCUT2D eigenvalue weighted by atomic mass is 16.6. The van der Waals surface area contributed by atoms with Crippen LogP contribution in [0.5, 0.6) is 17.2 Å². The van der Waals surface area contributed by atoms with Gasteiger partial charge in [-0.2, -0.15) is 0 Å². The molecule has 28 heavy (non-hydrogen) atoms. The zero-order chi connectivity index (χ0) is 20.1. The molecule has 1 heterocycles. The monoisotopic (exact) mass is 392 g/mol. The standard InChI is InChI=1S/C21H28O7/c1-2-3-4-6-13(22)9-10-14-15(23)11-18-20(14)27-17-8-5-7-16(21(17)28-18)26-12-19(24)25/h5,7-10,13-15,18,20,22-23H,2-4,6,11-12H2,1H3,(H,24,25)/t13-,14+,15-,18+,20-/m0/s1. The number of benzene rings is 1. The van der Waals surface area contributed by atoms with Crippen molar-refractivity contribution in [1.82, 2.24) is 0 Å². The van der Waals surface area contributed by atoms with Crippen LogP contribution in [0.4, 0.5) is 0 Å². The summed E-state index contributed by atoms with van der Waals surface area (Å²) in [6.45, 7) is 1.64. The molecule has 154 valence electrons. The Kier molecular flexibility index (Phi) is 6.80. The number of hydrogen-bond acceptors (Lipinski definition) is 6. The van der Waals surface area contributed by atoms with E-state index >= 15 is 0 Å². The third-order valence-electron chi connectivity index (χ3n) is 5.15. The predicted molar refractivity (Wildman–Crippen MR) is 102 cm³/mol. The average Bonchev–Trinajstić information content (AvgIpc) is 2.97. The number of carboxylic acids is 1. The van der Waals surface area contributed by atoms with Gasteiger partial charge in [-0.3, -0.25) is 0 Å². The van der Waals surface area contributed by atoms with Crippen molar-refractivity contribution in [1.29, 1.82) is 0 Å². The highest BCUT2D eigenvalue weighted by molar-refractivity contribution is 5.68. The van der Waals surface area contributed by atoms with Crippen LogP contribution in [0.2, 0.25) is 0 Å². The van der Waals surface area contributed by atoms with Crippen molar-refractivity contribution in [2.75, 3.05) is 6.61 Å². The number of rotatable bonds is 9. The van der Waals surface area contributed by atoms with Crippen molar-refractivity contribution in [2.24, 2.45) is 5.92 Å². The molecule has 1 saturated carbocycles. The number of ether oxygens (including phenoxy) is 3. The first kappa shape index (κ1) is 20.5. The van der Waals surface area contributed by atoms with Gasteiger partial charge >= 0.3 is 5.97 Å². The lowest BCUT2D eigenvalue weighted by Crippen LogP contribution is -2.39. The summed E-state index contributed by atoms with van der Waals surface area (Å²) in [6, 6.07) is 5.05. The van der Waals surface area contributed by atoms with Gasteiger partial charge in [0.2, 0.25) is 5.75 Å². The molecule has 1 aromatic rings. The number of unbranched alkanes of at least 4 members (excludes halogenated alkanes) is 2. The molecule has 0 unspecified atom stereocenters. The molecule has 0 radical (unpaired) electrons. The largest absolute Gasteiger partial charge is 0.482 e. The molecule has 1 aliphatic carbocycles. The molecular weight excluding hydrogens is 364 g/mol. The second-order valence-corrected chi connectivity index (χ2v) is 7.33. The Morgan fingerprint density at radius 1 is 1.36 bits per heavy atom. The molecule has 0 saturated heterocycles. The number of aliphatic hydroxyl groups is 2. The number of hydrogen-bond donors (Lipinski definition) is 3. The molecule has 3 rings (SSSR count). The van der Waals surface area contributed by atoms with Gasteiger partial charge in [-0.25, -0.2) is 4.79 Å². The fourth-order valence-electron chi connectivity index (χ4n) is 3.72. The van der Waals surface area contributed by atoms with E-state index in [2.05, 4.69) is 6.92 Å². The summed E-state index contributed by atoms with van der Waals surface area (Å²) >= 11 is 0. The Labute approximate surface area is 164 Å². The zero-order valence-electron chi connectivity index (χ0n) is 16.0. The summed E-state index contributed by atoms with van der Waals surface area (Å²) in [7, 11) is 0. The normalized spacial score (nSPS) is 26.8. The van der Waals surface area contributed by atoms with E-state index in [0.717, 1.165) is 19.3 Å². The minimum absolute atomic E-state index is 0.289. The topological polar surface area (TPSA) is 105 Å². The zero-order valence-corrected chi connectivity index (χ0v) is 16.0. The summed E-state index contributed by atoms with van der Waals surface area (Å²) in [5.41, 5.74) is 0. The maximum atomic E-state index is 10.8. The number of para-hydroxylation sites is 1. The minimum Gasteiger partial charge on any atom is -0.482 e. The van der Waals surface area contributed by atoms with Crippen LogP contribution in [0.1, 0.15) is 39.0 Å². The maximum absolute atomic E-state index is 10.8. The van der Waals surface area contributed by atoms with Gasteiger partial charge in [-0.15, -0.1) is 0 Å². The van der Waals surface area contributed by atoms with Crippen molar-refractivity contribution in [3.05, 3.63) is 30.4 Å². The second kappa shape index (κ2) is 9.30. The number of aliphatic carboxylic acids is 1.